The summed E-state index contributed by atoms with van der Waals surface area (Å²) in [6, 6.07) is 2.49. The van der Waals surface area contributed by atoms with E-state index in [0.717, 1.165) is 6.42 Å². The lowest BCUT2D eigenvalue weighted by Gasteiger charge is -2.30. The molecule has 1 atom stereocenters. The molecule has 1 unspecified atom stereocenters. The van der Waals surface area contributed by atoms with Gasteiger partial charge in [0.2, 0.25) is 0 Å². The highest BCUT2D eigenvalue weighted by Crippen LogP contribution is 2.33. The molecule has 1 heterocycles. The van der Waals surface area contributed by atoms with Crippen LogP contribution in [0.25, 0.3) is 0 Å². The lowest BCUT2D eigenvalue weighted by atomic mass is 9.77. The zero-order valence-electron chi connectivity index (χ0n) is 11.0. The van der Waals surface area contributed by atoms with Gasteiger partial charge in [0, 0.05) is 17.8 Å². The summed E-state index contributed by atoms with van der Waals surface area (Å²) in [7, 11) is 1.99. The quantitative estimate of drug-likeness (QED) is 0.820. The predicted molar refractivity (Wildman–Crippen MR) is 69.6 cm³/mol. The largest absolute Gasteiger partial charge is 0.383 e. The van der Waals surface area contributed by atoms with Gasteiger partial charge in [-0.1, -0.05) is 13.8 Å². The van der Waals surface area contributed by atoms with Crippen molar-refractivity contribution >= 4 is 5.82 Å². The molecular weight excluding hydrogens is 198 g/mol. The molecule has 0 radical (unpaired) electrons. The van der Waals surface area contributed by atoms with Crippen molar-refractivity contribution in [2.24, 2.45) is 0 Å². The third-order valence-corrected chi connectivity index (χ3v) is 3.17. The summed E-state index contributed by atoms with van der Waals surface area (Å²) >= 11 is 0. The molecule has 1 aromatic rings. The predicted octanol–water partition coefficient (Wildman–Crippen LogP) is 2.25. The van der Waals surface area contributed by atoms with E-state index >= 15 is 0 Å². The fraction of sp³-hybridized carbons (Fsp3) is 0.615. The molecule has 0 aliphatic carbocycles. The van der Waals surface area contributed by atoms with Crippen molar-refractivity contribution in [3.63, 3.8) is 0 Å². The number of hydrogen-bond acceptors (Lipinski definition) is 3. The average Bonchev–Trinajstić information content (AvgIpc) is 2.16. The van der Waals surface area contributed by atoms with Crippen molar-refractivity contribution in [2.75, 3.05) is 12.8 Å². The number of anilines is 1. The second kappa shape index (κ2) is 4.83. The number of hydrogen-bond donors (Lipinski definition) is 2. The molecule has 0 fully saturated rings. The fourth-order valence-electron chi connectivity index (χ4n) is 2.43. The first-order chi connectivity index (χ1) is 7.38. The number of rotatable bonds is 4. The molecule has 0 aliphatic heterocycles. The molecule has 3 heteroatoms. The Morgan fingerprint density at radius 2 is 2.12 bits per heavy atom. The molecule has 3 nitrogen and oxygen atoms in total. The van der Waals surface area contributed by atoms with E-state index in [-0.39, 0.29) is 5.41 Å². The van der Waals surface area contributed by atoms with Gasteiger partial charge in [0.25, 0.3) is 0 Å². The Hall–Kier alpha value is -1.09. The van der Waals surface area contributed by atoms with Gasteiger partial charge in [-0.2, -0.15) is 0 Å². The summed E-state index contributed by atoms with van der Waals surface area (Å²) in [4.78, 5) is 4.20. The summed E-state index contributed by atoms with van der Waals surface area (Å²) in [5.41, 5.74) is 8.44. The molecule has 0 bridgehead atoms. The SMILES string of the molecule is CNC(C)CC(C)(C)c1c(C)ccnc1N. The van der Waals surface area contributed by atoms with E-state index in [1.54, 1.807) is 6.20 Å². The number of pyridine rings is 1. The fourth-order valence-corrected chi connectivity index (χ4v) is 2.43. The Morgan fingerprint density at radius 3 is 2.62 bits per heavy atom. The van der Waals surface area contributed by atoms with E-state index in [9.17, 15) is 0 Å². The van der Waals surface area contributed by atoms with Crippen molar-refractivity contribution in [1.82, 2.24) is 10.3 Å². The van der Waals surface area contributed by atoms with Gasteiger partial charge in [-0.15, -0.1) is 0 Å². The maximum absolute atomic E-state index is 5.99. The van der Waals surface area contributed by atoms with Gasteiger partial charge in [0.15, 0.2) is 0 Å². The molecule has 0 saturated heterocycles. The van der Waals surface area contributed by atoms with E-state index < -0.39 is 0 Å². The lowest BCUT2D eigenvalue weighted by Crippen LogP contribution is -2.32. The minimum absolute atomic E-state index is 0.0465. The first-order valence-electron chi connectivity index (χ1n) is 5.77. The van der Waals surface area contributed by atoms with Gasteiger partial charge < -0.3 is 11.1 Å². The molecule has 0 spiro atoms. The number of nitrogens with zero attached hydrogens (tertiary/aromatic N) is 1. The standard InChI is InChI=1S/C13H23N3/c1-9-6-7-16-12(14)11(9)13(3,4)8-10(2)15-5/h6-7,10,15H,8H2,1-5H3,(H2,14,16). The number of aryl methyl sites for hydroxylation is 1. The van der Waals surface area contributed by atoms with Crippen molar-refractivity contribution in [3.8, 4) is 0 Å². The first kappa shape index (κ1) is 13.0. The van der Waals surface area contributed by atoms with E-state index in [4.69, 9.17) is 5.73 Å². The van der Waals surface area contributed by atoms with Crippen LogP contribution >= 0.6 is 0 Å². The van der Waals surface area contributed by atoms with Crippen molar-refractivity contribution < 1.29 is 0 Å². The third kappa shape index (κ3) is 2.73. The van der Waals surface area contributed by atoms with E-state index in [1.165, 1.54) is 11.1 Å². The normalized spacial score (nSPS) is 13.8. The lowest BCUT2D eigenvalue weighted by molar-refractivity contribution is 0.404. The number of aromatic nitrogens is 1. The third-order valence-electron chi connectivity index (χ3n) is 3.17. The second-order valence-electron chi connectivity index (χ2n) is 5.17. The van der Waals surface area contributed by atoms with Crippen molar-refractivity contribution in [2.45, 2.75) is 45.6 Å². The highest BCUT2D eigenvalue weighted by atomic mass is 14.9. The van der Waals surface area contributed by atoms with Crippen LogP contribution in [0.5, 0.6) is 0 Å². The average molecular weight is 221 g/mol. The zero-order chi connectivity index (χ0) is 12.3. The van der Waals surface area contributed by atoms with Crippen molar-refractivity contribution in [1.29, 1.82) is 0 Å². The molecule has 16 heavy (non-hydrogen) atoms. The number of nitrogens with one attached hydrogen (secondary N) is 1. The molecule has 0 aromatic carbocycles. The van der Waals surface area contributed by atoms with Crippen LogP contribution in [0.15, 0.2) is 12.3 Å². The Balaban J connectivity index is 3.06. The number of nitrogen functional groups attached to an aromatic ring is 1. The minimum atomic E-state index is 0.0465. The van der Waals surface area contributed by atoms with Gasteiger partial charge in [-0.3, -0.25) is 0 Å². The van der Waals surface area contributed by atoms with Crippen LogP contribution in [0.1, 0.15) is 38.3 Å². The summed E-state index contributed by atoms with van der Waals surface area (Å²) < 4.78 is 0. The Morgan fingerprint density at radius 1 is 1.50 bits per heavy atom. The van der Waals surface area contributed by atoms with Crippen LogP contribution < -0.4 is 11.1 Å². The summed E-state index contributed by atoms with van der Waals surface area (Å²) in [6.07, 6.45) is 2.81. The van der Waals surface area contributed by atoms with Gasteiger partial charge in [0.1, 0.15) is 5.82 Å². The molecule has 0 saturated carbocycles. The topological polar surface area (TPSA) is 50.9 Å². The van der Waals surface area contributed by atoms with Crippen LogP contribution in [-0.2, 0) is 5.41 Å². The van der Waals surface area contributed by atoms with Crippen molar-refractivity contribution in [3.05, 3.63) is 23.4 Å². The van der Waals surface area contributed by atoms with Gasteiger partial charge in [0.05, 0.1) is 0 Å². The maximum Gasteiger partial charge on any atom is 0.127 e. The molecule has 3 N–H and O–H groups in total. The molecule has 1 aromatic heterocycles. The summed E-state index contributed by atoms with van der Waals surface area (Å²) in [6.45, 7) is 8.73. The monoisotopic (exact) mass is 221 g/mol. The van der Waals surface area contributed by atoms with Crippen LogP contribution in [0, 0.1) is 6.92 Å². The molecule has 0 aliphatic rings. The van der Waals surface area contributed by atoms with Gasteiger partial charge in [-0.25, -0.2) is 4.98 Å². The molecular formula is C13H23N3. The smallest absolute Gasteiger partial charge is 0.127 e. The highest BCUT2D eigenvalue weighted by molar-refractivity contribution is 5.48. The van der Waals surface area contributed by atoms with Crippen LogP contribution in [0.2, 0.25) is 0 Å². The molecule has 1 rings (SSSR count). The van der Waals surface area contributed by atoms with Crippen LogP contribution in [0.3, 0.4) is 0 Å². The van der Waals surface area contributed by atoms with E-state index in [1.807, 2.05) is 13.1 Å². The maximum atomic E-state index is 5.99. The molecule has 0 amide bonds. The van der Waals surface area contributed by atoms with Gasteiger partial charge in [-0.05, 0) is 44.4 Å². The van der Waals surface area contributed by atoms with E-state index in [0.29, 0.717) is 11.9 Å². The zero-order valence-corrected chi connectivity index (χ0v) is 11.0. The Labute approximate surface area is 98.5 Å². The van der Waals surface area contributed by atoms with Gasteiger partial charge >= 0.3 is 0 Å². The first-order valence-corrected chi connectivity index (χ1v) is 5.77. The summed E-state index contributed by atoms with van der Waals surface area (Å²) in [5, 5.41) is 3.27. The van der Waals surface area contributed by atoms with Crippen LogP contribution in [-0.4, -0.2) is 18.1 Å². The second-order valence-corrected chi connectivity index (χ2v) is 5.17. The van der Waals surface area contributed by atoms with E-state index in [2.05, 4.69) is 38.0 Å². The highest BCUT2D eigenvalue weighted by Gasteiger charge is 2.27. The molecule has 90 valence electrons. The minimum Gasteiger partial charge on any atom is -0.383 e. The summed E-state index contributed by atoms with van der Waals surface area (Å²) in [5.74, 6) is 0.660. The Kier molecular flexibility index (Phi) is 3.92. The Bertz CT molecular complexity index is 338. The number of nitrogens with two attached hydrogens (primary N) is 1. The van der Waals surface area contributed by atoms with Crippen LogP contribution in [0.4, 0.5) is 5.82 Å².